The highest BCUT2D eigenvalue weighted by atomic mass is 16.2. The monoisotopic (exact) mass is 211 g/mol. The minimum absolute atomic E-state index is 0.217. The van der Waals surface area contributed by atoms with Crippen molar-refractivity contribution in [1.29, 1.82) is 0 Å². The van der Waals surface area contributed by atoms with Gasteiger partial charge in [-0.1, -0.05) is 0 Å². The van der Waals surface area contributed by atoms with E-state index in [0.717, 1.165) is 45.3 Å². The Balaban J connectivity index is 1.78. The summed E-state index contributed by atoms with van der Waals surface area (Å²) < 4.78 is 0. The quantitative estimate of drug-likeness (QED) is 0.671. The molecule has 1 saturated carbocycles. The van der Waals surface area contributed by atoms with Crippen molar-refractivity contribution in [2.24, 2.45) is 23.3 Å². The second kappa shape index (κ2) is 4.49. The molecule has 86 valence electrons. The molecule has 0 aromatic carbocycles. The largest absolute Gasteiger partial charge is 0.342 e. The van der Waals surface area contributed by atoms with Gasteiger partial charge in [0, 0.05) is 25.0 Å². The lowest BCUT2D eigenvalue weighted by Gasteiger charge is -2.38. The molecule has 0 bridgehead atoms. The number of piperidine rings is 1. The third kappa shape index (κ3) is 2.32. The van der Waals surface area contributed by atoms with Crippen LogP contribution in [0.4, 0.5) is 0 Å². The third-order valence-electron chi connectivity index (χ3n) is 3.78. The zero-order valence-corrected chi connectivity index (χ0v) is 9.19. The topological polar surface area (TPSA) is 72.3 Å². The average molecular weight is 211 g/mol. The second-order valence-electron chi connectivity index (χ2n) is 4.93. The van der Waals surface area contributed by atoms with Gasteiger partial charge in [-0.2, -0.15) is 0 Å². The lowest BCUT2D eigenvalue weighted by atomic mass is 9.79. The number of hydrogen-bond acceptors (Lipinski definition) is 3. The molecular formula is C11H21N3O. The molecule has 2 fully saturated rings. The molecule has 4 N–H and O–H groups in total. The van der Waals surface area contributed by atoms with E-state index in [4.69, 9.17) is 11.5 Å². The van der Waals surface area contributed by atoms with Crippen LogP contribution in [0, 0.1) is 11.8 Å². The lowest BCUT2D eigenvalue weighted by molar-refractivity contribution is -0.140. The molecule has 0 aromatic rings. The van der Waals surface area contributed by atoms with Gasteiger partial charge in [-0.25, -0.2) is 0 Å². The van der Waals surface area contributed by atoms with E-state index in [1.54, 1.807) is 0 Å². The molecule has 2 rings (SSSR count). The molecule has 4 nitrogen and oxygen atoms in total. The normalized spacial score (nSPS) is 32.5. The van der Waals surface area contributed by atoms with Gasteiger partial charge in [0.1, 0.15) is 0 Å². The molecule has 0 aromatic heterocycles. The van der Waals surface area contributed by atoms with Crippen LogP contribution in [0.1, 0.15) is 25.7 Å². The Morgan fingerprint density at radius 3 is 2.33 bits per heavy atom. The van der Waals surface area contributed by atoms with E-state index in [2.05, 4.69) is 0 Å². The standard InChI is InChI=1S/C11H21N3O/c12-7-8-1-3-14(4-2-8)11(15)9-5-10(13)6-9/h8-10H,1-7,12-13H2. The Morgan fingerprint density at radius 1 is 1.27 bits per heavy atom. The second-order valence-corrected chi connectivity index (χ2v) is 4.93. The van der Waals surface area contributed by atoms with Gasteiger partial charge < -0.3 is 16.4 Å². The number of likely N-dealkylation sites (tertiary alicyclic amines) is 1. The maximum Gasteiger partial charge on any atom is 0.225 e. The van der Waals surface area contributed by atoms with E-state index in [0.29, 0.717) is 11.8 Å². The van der Waals surface area contributed by atoms with Crippen molar-refractivity contribution < 1.29 is 4.79 Å². The molecule has 1 saturated heterocycles. The van der Waals surface area contributed by atoms with Crippen LogP contribution in [-0.4, -0.2) is 36.5 Å². The molecule has 1 aliphatic carbocycles. The van der Waals surface area contributed by atoms with Crippen molar-refractivity contribution in [1.82, 2.24) is 4.90 Å². The maximum atomic E-state index is 12.0. The van der Waals surface area contributed by atoms with E-state index in [1.165, 1.54) is 0 Å². The molecule has 0 atom stereocenters. The minimum Gasteiger partial charge on any atom is -0.342 e. The van der Waals surface area contributed by atoms with E-state index in [-0.39, 0.29) is 12.0 Å². The van der Waals surface area contributed by atoms with Crippen LogP contribution in [0.3, 0.4) is 0 Å². The van der Waals surface area contributed by atoms with Crippen LogP contribution < -0.4 is 11.5 Å². The van der Waals surface area contributed by atoms with E-state index >= 15 is 0 Å². The van der Waals surface area contributed by atoms with E-state index in [9.17, 15) is 4.79 Å². The summed E-state index contributed by atoms with van der Waals surface area (Å²) in [5.41, 5.74) is 11.3. The Kier molecular flexibility index (Phi) is 3.26. The maximum absolute atomic E-state index is 12.0. The number of nitrogens with zero attached hydrogens (tertiary/aromatic N) is 1. The first-order valence-electron chi connectivity index (χ1n) is 5.95. The zero-order valence-electron chi connectivity index (χ0n) is 9.19. The first-order valence-corrected chi connectivity index (χ1v) is 5.95. The highest BCUT2D eigenvalue weighted by Crippen LogP contribution is 2.29. The van der Waals surface area contributed by atoms with Crippen molar-refractivity contribution in [3.63, 3.8) is 0 Å². The highest BCUT2D eigenvalue weighted by molar-refractivity contribution is 5.80. The fraction of sp³-hybridized carbons (Fsp3) is 0.909. The Hall–Kier alpha value is -0.610. The molecule has 2 aliphatic rings. The van der Waals surface area contributed by atoms with Crippen molar-refractivity contribution in [3.05, 3.63) is 0 Å². The molecule has 0 spiro atoms. The number of carbonyl (C=O) groups is 1. The fourth-order valence-corrected chi connectivity index (χ4v) is 2.51. The predicted molar refractivity (Wildman–Crippen MR) is 59.1 cm³/mol. The van der Waals surface area contributed by atoms with Gasteiger partial charge in [0.15, 0.2) is 0 Å². The molecular weight excluding hydrogens is 190 g/mol. The Labute approximate surface area is 91.0 Å². The van der Waals surface area contributed by atoms with Crippen molar-refractivity contribution >= 4 is 5.91 Å². The number of nitrogens with two attached hydrogens (primary N) is 2. The van der Waals surface area contributed by atoms with Crippen LogP contribution in [0.15, 0.2) is 0 Å². The molecule has 1 heterocycles. The Morgan fingerprint density at radius 2 is 1.87 bits per heavy atom. The molecule has 0 radical (unpaired) electrons. The summed E-state index contributed by atoms with van der Waals surface area (Å²) >= 11 is 0. The SMILES string of the molecule is NCC1CCN(C(=O)C2CC(N)C2)CC1. The van der Waals surface area contributed by atoms with Crippen LogP contribution in [-0.2, 0) is 4.79 Å². The molecule has 4 heteroatoms. The summed E-state index contributed by atoms with van der Waals surface area (Å²) in [5.74, 6) is 1.17. The minimum atomic E-state index is 0.217. The highest BCUT2D eigenvalue weighted by Gasteiger charge is 2.35. The van der Waals surface area contributed by atoms with Gasteiger partial charge in [0.25, 0.3) is 0 Å². The zero-order chi connectivity index (χ0) is 10.8. The summed E-state index contributed by atoms with van der Waals surface area (Å²) in [6.07, 6.45) is 3.91. The van der Waals surface area contributed by atoms with Crippen molar-refractivity contribution in [2.75, 3.05) is 19.6 Å². The summed E-state index contributed by atoms with van der Waals surface area (Å²) in [5, 5.41) is 0. The van der Waals surface area contributed by atoms with Gasteiger partial charge in [-0.15, -0.1) is 0 Å². The first kappa shape index (κ1) is 10.9. The number of amides is 1. The first-order chi connectivity index (χ1) is 7.20. The summed E-state index contributed by atoms with van der Waals surface area (Å²) in [6, 6.07) is 0.264. The van der Waals surface area contributed by atoms with Gasteiger partial charge in [-0.05, 0) is 38.1 Å². The van der Waals surface area contributed by atoms with E-state index in [1.807, 2.05) is 4.90 Å². The predicted octanol–water partition coefficient (Wildman–Crippen LogP) is -0.0790. The lowest BCUT2D eigenvalue weighted by Crippen LogP contribution is -2.49. The number of rotatable bonds is 2. The summed E-state index contributed by atoms with van der Waals surface area (Å²) in [4.78, 5) is 14.0. The summed E-state index contributed by atoms with van der Waals surface area (Å²) in [7, 11) is 0. The smallest absolute Gasteiger partial charge is 0.225 e. The number of carbonyl (C=O) groups excluding carboxylic acids is 1. The van der Waals surface area contributed by atoms with Gasteiger partial charge >= 0.3 is 0 Å². The Bertz CT molecular complexity index is 230. The van der Waals surface area contributed by atoms with Gasteiger partial charge in [-0.3, -0.25) is 4.79 Å². The van der Waals surface area contributed by atoms with Gasteiger partial charge in [0.05, 0.1) is 0 Å². The average Bonchev–Trinajstić information content (AvgIpc) is 2.24. The van der Waals surface area contributed by atoms with Crippen LogP contribution >= 0.6 is 0 Å². The molecule has 1 amide bonds. The molecule has 15 heavy (non-hydrogen) atoms. The van der Waals surface area contributed by atoms with E-state index < -0.39 is 0 Å². The molecule has 0 unspecified atom stereocenters. The number of hydrogen-bond donors (Lipinski definition) is 2. The van der Waals surface area contributed by atoms with Crippen LogP contribution in [0.2, 0.25) is 0 Å². The van der Waals surface area contributed by atoms with Gasteiger partial charge in [0.2, 0.25) is 5.91 Å². The van der Waals surface area contributed by atoms with Crippen molar-refractivity contribution in [2.45, 2.75) is 31.7 Å². The van der Waals surface area contributed by atoms with Crippen LogP contribution in [0.5, 0.6) is 0 Å². The molecule has 1 aliphatic heterocycles. The van der Waals surface area contributed by atoms with Crippen LogP contribution in [0.25, 0.3) is 0 Å². The summed E-state index contributed by atoms with van der Waals surface area (Å²) in [6.45, 7) is 2.55. The fourth-order valence-electron chi connectivity index (χ4n) is 2.51. The van der Waals surface area contributed by atoms with Crippen molar-refractivity contribution in [3.8, 4) is 0 Å². The third-order valence-corrected chi connectivity index (χ3v) is 3.78.